The van der Waals surface area contributed by atoms with Gasteiger partial charge in [-0.1, -0.05) is 58.3 Å². The third-order valence-corrected chi connectivity index (χ3v) is 6.81. The van der Waals surface area contributed by atoms with E-state index in [2.05, 4.69) is 12.2 Å². The molecule has 8 N–H and O–H groups in total. The molecule has 0 aromatic carbocycles. The Morgan fingerprint density at radius 3 is 1.89 bits per heavy atom. The van der Waals surface area contributed by atoms with Crippen LogP contribution in [0.15, 0.2) is 0 Å². The molecule has 2 rings (SSSR count). The van der Waals surface area contributed by atoms with Crippen LogP contribution in [0.4, 0.5) is 0 Å². The molecule has 0 saturated carbocycles. The highest BCUT2D eigenvalue weighted by molar-refractivity contribution is 5.76. The molecule has 0 radical (unpaired) electrons. The zero-order chi connectivity index (χ0) is 26.7. The van der Waals surface area contributed by atoms with Gasteiger partial charge in [-0.15, -0.1) is 0 Å². The molecule has 0 aliphatic carbocycles. The Labute approximate surface area is 212 Å². The number of ether oxygens (including phenoxy) is 3. The lowest BCUT2D eigenvalue weighted by Gasteiger charge is -2.46. The lowest BCUT2D eigenvalue weighted by atomic mass is 9.96. The molecular formula is C24H45NO11. The lowest BCUT2D eigenvalue weighted by molar-refractivity contribution is -0.343. The molecule has 10 atom stereocenters. The van der Waals surface area contributed by atoms with Crippen molar-refractivity contribution in [1.82, 2.24) is 5.32 Å². The van der Waals surface area contributed by atoms with Crippen LogP contribution in [0.1, 0.15) is 71.1 Å². The largest absolute Gasteiger partial charge is 0.394 e. The minimum atomic E-state index is -1.74. The molecule has 0 spiro atoms. The summed E-state index contributed by atoms with van der Waals surface area (Å²) >= 11 is 0. The highest BCUT2D eigenvalue weighted by Crippen LogP contribution is 2.28. The highest BCUT2D eigenvalue weighted by atomic mass is 16.7. The Morgan fingerprint density at radius 1 is 0.722 bits per heavy atom. The van der Waals surface area contributed by atoms with Gasteiger partial charge in [0, 0.05) is 6.42 Å². The topological polar surface area (TPSA) is 198 Å². The van der Waals surface area contributed by atoms with E-state index in [1.54, 1.807) is 0 Å². The average molecular weight is 524 g/mol. The Morgan fingerprint density at radius 2 is 1.31 bits per heavy atom. The van der Waals surface area contributed by atoms with E-state index in [0.717, 1.165) is 19.3 Å². The zero-order valence-electron chi connectivity index (χ0n) is 21.0. The number of aliphatic hydroxyl groups is 7. The minimum absolute atomic E-state index is 0.229. The van der Waals surface area contributed by atoms with Crippen LogP contribution < -0.4 is 5.32 Å². The van der Waals surface area contributed by atoms with Crippen LogP contribution in [0.25, 0.3) is 0 Å². The van der Waals surface area contributed by atoms with Gasteiger partial charge in [0.2, 0.25) is 5.91 Å². The molecule has 2 saturated heterocycles. The second-order valence-corrected chi connectivity index (χ2v) is 9.70. The van der Waals surface area contributed by atoms with E-state index >= 15 is 0 Å². The van der Waals surface area contributed by atoms with E-state index in [1.165, 1.54) is 32.1 Å². The maximum atomic E-state index is 12.3. The van der Waals surface area contributed by atoms with Crippen molar-refractivity contribution in [3.8, 4) is 0 Å². The minimum Gasteiger partial charge on any atom is -0.394 e. The Hall–Kier alpha value is -0.930. The molecule has 212 valence electrons. The van der Waals surface area contributed by atoms with Crippen molar-refractivity contribution in [2.24, 2.45) is 0 Å². The van der Waals surface area contributed by atoms with Crippen molar-refractivity contribution >= 4 is 5.91 Å². The summed E-state index contributed by atoms with van der Waals surface area (Å²) in [5.41, 5.74) is 0. The van der Waals surface area contributed by atoms with Crippen molar-refractivity contribution < 1.29 is 54.8 Å². The molecule has 36 heavy (non-hydrogen) atoms. The monoisotopic (exact) mass is 523 g/mol. The first kappa shape index (κ1) is 31.3. The van der Waals surface area contributed by atoms with Gasteiger partial charge in [-0.05, 0) is 6.42 Å². The fourth-order valence-electron chi connectivity index (χ4n) is 4.54. The fourth-order valence-corrected chi connectivity index (χ4v) is 4.54. The summed E-state index contributed by atoms with van der Waals surface area (Å²) in [6.07, 6.45) is -4.87. The van der Waals surface area contributed by atoms with Gasteiger partial charge in [0.05, 0.1) is 13.2 Å². The smallest absolute Gasteiger partial charge is 0.222 e. The summed E-state index contributed by atoms with van der Waals surface area (Å²) in [6, 6.07) is 0. The summed E-state index contributed by atoms with van der Waals surface area (Å²) in [5.74, 6) is -0.362. The quantitative estimate of drug-likeness (QED) is 0.118. The third kappa shape index (κ3) is 8.83. The first-order valence-electron chi connectivity index (χ1n) is 13.1. The Kier molecular flexibility index (Phi) is 14.0. The predicted molar refractivity (Wildman–Crippen MR) is 126 cm³/mol. The molecule has 2 aliphatic rings. The lowest BCUT2D eigenvalue weighted by Crippen LogP contribution is -2.66. The van der Waals surface area contributed by atoms with E-state index in [4.69, 9.17) is 14.2 Å². The first-order chi connectivity index (χ1) is 17.2. The van der Waals surface area contributed by atoms with Crippen molar-refractivity contribution in [2.45, 2.75) is 132 Å². The molecule has 0 aromatic rings. The second-order valence-electron chi connectivity index (χ2n) is 9.70. The highest BCUT2D eigenvalue weighted by Gasteiger charge is 2.50. The molecule has 12 heteroatoms. The Balaban J connectivity index is 1.81. The summed E-state index contributed by atoms with van der Waals surface area (Å²) in [6.45, 7) is 0.855. The van der Waals surface area contributed by atoms with Gasteiger partial charge >= 0.3 is 0 Å². The number of hydrogen-bond acceptors (Lipinski definition) is 11. The van der Waals surface area contributed by atoms with Gasteiger partial charge in [-0.3, -0.25) is 4.79 Å². The van der Waals surface area contributed by atoms with Crippen molar-refractivity contribution in [1.29, 1.82) is 0 Å². The van der Waals surface area contributed by atoms with Gasteiger partial charge in [0.25, 0.3) is 0 Å². The average Bonchev–Trinajstić information content (AvgIpc) is 2.87. The molecule has 1 unspecified atom stereocenters. The molecule has 1 amide bonds. The van der Waals surface area contributed by atoms with Crippen LogP contribution in [0.3, 0.4) is 0 Å². The zero-order valence-corrected chi connectivity index (χ0v) is 21.0. The van der Waals surface area contributed by atoms with Crippen molar-refractivity contribution in [2.75, 3.05) is 13.2 Å². The number of hydrogen-bond donors (Lipinski definition) is 8. The summed E-state index contributed by atoms with van der Waals surface area (Å²) < 4.78 is 16.3. The number of nitrogens with one attached hydrogen (secondary N) is 1. The molecule has 0 bridgehead atoms. The Bertz CT molecular complexity index is 623. The van der Waals surface area contributed by atoms with Crippen LogP contribution in [0, 0.1) is 0 Å². The van der Waals surface area contributed by atoms with Crippen LogP contribution in [-0.4, -0.2) is 116 Å². The standard InChI is InChI=1S/C24H45NO11/c1-2-3-4-5-6-7-8-9-10-11-16(28)25-23-20(32)19(31)22(15(13-27)34-23)36-24-21(33)18(30)17(29)14(12-26)35-24/h14-15,17-24,26-27,29-33H,2-13H2,1H3,(H,25,28)/t14-,15-,17-,18+,19-,20+,21+,22-,23?,24+/m1/s1. The molecular weight excluding hydrogens is 478 g/mol. The van der Waals surface area contributed by atoms with Gasteiger partial charge in [0.1, 0.15) is 48.8 Å². The summed E-state index contributed by atoms with van der Waals surface area (Å²) in [4.78, 5) is 12.3. The number of aliphatic hydroxyl groups excluding tert-OH is 7. The molecule has 2 heterocycles. The number of amides is 1. The number of carbonyl (C=O) groups is 1. The van der Waals surface area contributed by atoms with Crippen LogP contribution in [-0.2, 0) is 19.0 Å². The normalized spacial score (nSPS) is 37.1. The van der Waals surface area contributed by atoms with E-state index in [1.807, 2.05) is 0 Å². The van der Waals surface area contributed by atoms with Gasteiger partial charge in [-0.25, -0.2) is 0 Å². The molecule has 2 aliphatic heterocycles. The number of rotatable bonds is 15. The van der Waals surface area contributed by atoms with Crippen LogP contribution >= 0.6 is 0 Å². The molecule has 0 aromatic heterocycles. The van der Waals surface area contributed by atoms with E-state index in [0.29, 0.717) is 6.42 Å². The SMILES string of the molecule is CCCCCCCCCCCC(=O)NC1O[C@H](CO)[C@@H](O[C@@H]2O[C@H](CO)[C@@H](O)[C@H](O)[C@@H]2O)[C@H](O)[C@@H]1O. The first-order valence-corrected chi connectivity index (χ1v) is 13.1. The second kappa shape index (κ2) is 16.1. The summed E-state index contributed by atoms with van der Waals surface area (Å²) in [5, 5.41) is 72.7. The van der Waals surface area contributed by atoms with Crippen molar-refractivity contribution in [3.05, 3.63) is 0 Å². The van der Waals surface area contributed by atoms with Crippen LogP contribution in [0.5, 0.6) is 0 Å². The number of unbranched alkanes of at least 4 members (excludes halogenated alkanes) is 8. The van der Waals surface area contributed by atoms with E-state index < -0.39 is 74.6 Å². The molecule has 12 nitrogen and oxygen atoms in total. The van der Waals surface area contributed by atoms with Gasteiger partial charge in [0.15, 0.2) is 12.5 Å². The fraction of sp³-hybridized carbons (Fsp3) is 0.958. The van der Waals surface area contributed by atoms with Crippen LogP contribution in [0.2, 0.25) is 0 Å². The van der Waals surface area contributed by atoms with E-state index in [-0.39, 0.29) is 12.3 Å². The van der Waals surface area contributed by atoms with Gasteiger partial charge in [-0.2, -0.15) is 0 Å². The van der Waals surface area contributed by atoms with Gasteiger partial charge < -0.3 is 55.3 Å². The molecule has 2 fully saturated rings. The predicted octanol–water partition coefficient (Wildman–Crippen LogP) is -1.35. The van der Waals surface area contributed by atoms with Crippen molar-refractivity contribution in [3.63, 3.8) is 0 Å². The maximum absolute atomic E-state index is 12.3. The summed E-state index contributed by atoms with van der Waals surface area (Å²) in [7, 11) is 0. The van der Waals surface area contributed by atoms with E-state index in [9.17, 15) is 40.5 Å². The number of carbonyl (C=O) groups excluding carboxylic acids is 1. The maximum Gasteiger partial charge on any atom is 0.222 e. The third-order valence-electron chi connectivity index (χ3n) is 6.81.